The first-order valence-corrected chi connectivity index (χ1v) is 8.34. The van der Waals surface area contributed by atoms with Crippen LogP contribution in [-0.2, 0) is 9.59 Å². The average molecular weight is 382 g/mol. The number of benzene rings is 1. The van der Waals surface area contributed by atoms with Gasteiger partial charge in [0.05, 0.1) is 38.2 Å². The zero-order chi connectivity index (χ0) is 18.7. The summed E-state index contributed by atoms with van der Waals surface area (Å²) in [5, 5.41) is 11.0. The number of aliphatic carboxylic acids is 1. The largest absolute Gasteiger partial charge is 0.548 e. The lowest BCUT2D eigenvalue weighted by molar-refractivity contribution is -0.309. The second kappa shape index (κ2) is 7.75. The lowest BCUT2D eigenvalue weighted by atomic mass is 10.1. The van der Waals surface area contributed by atoms with Crippen LogP contribution in [0.1, 0.15) is 12.5 Å². The fraction of sp³-hybridized carbons (Fsp3) is 0.312. The topological polar surface area (TPSA) is 88.1 Å². The maximum atomic E-state index is 12.5. The minimum atomic E-state index is -1.37. The van der Waals surface area contributed by atoms with Gasteiger partial charge in [-0.05, 0) is 30.7 Å². The van der Waals surface area contributed by atoms with Gasteiger partial charge in [-0.25, -0.2) is 0 Å². The molecule has 0 spiro atoms. The number of thiocarbonyl (C=S) groups is 1. The number of carbonyl (C=O) groups is 2. The molecule has 1 saturated heterocycles. The van der Waals surface area contributed by atoms with Gasteiger partial charge in [-0.1, -0.05) is 24.0 Å². The number of hydrogen-bond acceptors (Lipinski definition) is 8. The number of hydrogen-bond donors (Lipinski definition) is 0. The Bertz CT molecular complexity index is 736. The number of rotatable bonds is 6. The van der Waals surface area contributed by atoms with Gasteiger partial charge in [0.1, 0.15) is 4.32 Å². The molecule has 1 aliphatic rings. The van der Waals surface area contributed by atoms with Gasteiger partial charge in [-0.15, -0.1) is 0 Å². The molecule has 1 aliphatic heterocycles. The van der Waals surface area contributed by atoms with Gasteiger partial charge in [-0.2, -0.15) is 0 Å². The second-order valence-electron chi connectivity index (χ2n) is 5.01. The van der Waals surface area contributed by atoms with Crippen LogP contribution < -0.4 is 19.3 Å². The van der Waals surface area contributed by atoms with Crippen LogP contribution in [0.5, 0.6) is 17.2 Å². The van der Waals surface area contributed by atoms with E-state index in [0.717, 1.165) is 16.7 Å². The highest BCUT2D eigenvalue weighted by Crippen LogP contribution is 2.40. The minimum Gasteiger partial charge on any atom is -0.548 e. The normalized spacial score (nSPS) is 17.0. The fourth-order valence-electron chi connectivity index (χ4n) is 2.26. The molecule has 25 heavy (non-hydrogen) atoms. The molecule has 1 heterocycles. The number of methoxy groups -OCH3 is 3. The van der Waals surface area contributed by atoms with Crippen molar-refractivity contribution < 1.29 is 28.9 Å². The van der Waals surface area contributed by atoms with E-state index in [0.29, 0.717) is 27.7 Å². The Balaban J connectivity index is 2.43. The predicted molar refractivity (Wildman–Crippen MR) is 95.6 cm³/mol. The highest BCUT2D eigenvalue weighted by atomic mass is 32.2. The van der Waals surface area contributed by atoms with Crippen molar-refractivity contribution in [2.75, 3.05) is 21.3 Å². The summed E-state index contributed by atoms with van der Waals surface area (Å²) in [5.74, 6) is -0.551. The number of carboxylic acids is 1. The molecule has 7 nitrogen and oxygen atoms in total. The number of amides is 1. The number of carbonyl (C=O) groups excluding carboxylic acids is 2. The summed E-state index contributed by atoms with van der Waals surface area (Å²) in [7, 11) is 4.47. The maximum absolute atomic E-state index is 12.5. The summed E-state index contributed by atoms with van der Waals surface area (Å²) >= 11 is 6.13. The molecule has 0 unspecified atom stereocenters. The summed E-state index contributed by atoms with van der Waals surface area (Å²) in [6.45, 7) is 1.35. The van der Waals surface area contributed by atoms with Crippen LogP contribution in [0.15, 0.2) is 17.0 Å². The molecule has 1 atom stereocenters. The number of carboxylic acid groups (broad SMARTS) is 1. The first-order chi connectivity index (χ1) is 11.8. The van der Waals surface area contributed by atoms with Crippen LogP contribution in [0, 0.1) is 0 Å². The van der Waals surface area contributed by atoms with E-state index >= 15 is 0 Å². The number of ether oxygens (including phenoxy) is 3. The van der Waals surface area contributed by atoms with Crippen LogP contribution in [-0.4, -0.2) is 48.5 Å². The maximum Gasteiger partial charge on any atom is 0.266 e. The molecule has 1 fully saturated rings. The van der Waals surface area contributed by atoms with E-state index in [-0.39, 0.29) is 4.32 Å². The number of thioether (sulfide) groups is 1. The molecule has 0 bridgehead atoms. The minimum absolute atomic E-state index is 0.167. The van der Waals surface area contributed by atoms with Crippen LogP contribution in [0.3, 0.4) is 0 Å². The van der Waals surface area contributed by atoms with Gasteiger partial charge >= 0.3 is 0 Å². The zero-order valence-corrected chi connectivity index (χ0v) is 15.7. The van der Waals surface area contributed by atoms with Gasteiger partial charge in [0.2, 0.25) is 5.75 Å². The Hall–Kier alpha value is -2.26. The van der Waals surface area contributed by atoms with Crippen molar-refractivity contribution in [1.29, 1.82) is 0 Å². The molecule has 0 radical (unpaired) electrons. The number of nitrogens with zero attached hydrogens (tertiary/aromatic N) is 1. The molecule has 0 saturated carbocycles. The van der Waals surface area contributed by atoms with E-state index in [2.05, 4.69) is 0 Å². The van der Waals surface area contributed by atoms with E-state index in [9.17, 15) is 14.7 Å². The Kier molecular flexibility index (Phi) is 5.91. The average Bonchev–Trinajstić information content (AvgIpc) is 2.86. The smallest absolute Gasteiger partial charge is 0.266 e. The first-order valence-electron chi connectivity index (χ1n) is 7.12. The van der Waals surface area contributed by atoms with Crippen molar-refractivity contribution >= 4 is 46.3 Å². The van der Waals surface area contributed by atoms with Crippen molar-refractivity contribution in [3.05, 3.63) is 22.6 Å². The molecule has 1 amide bonds. The zero-order valence-electron chi connectivity index (χ0n) is 14.0. The second-order valence-corrected chi connectivity index (χ2v) is 6.68. The SMILES string of the molecule is COc1cc(C=C2SC(=S)N([C@@H](C)C(=O)[O-])C2=O)cc(OC)c1OC. The summed E-state index contributed by atoms with van der Waals surface area (Å²) in [6.07, 6.45) is 1.59. The summed E-state index contributed by atoms with van der Waals surface area (Å²) in [6, 6.07) is 2.21. The van der Waals surface area contributed by atoms with E-state index in [1.807, 2.05) is 0 Å². The predicted octanol–water partition coefficient (Wildman–Crippen LogP) is 1.05. The third kappa shape index (κ3) is 3.72. The van der Waals surface area contributed by atoms with Crippen molar-refractivity contribution in [1.82, 2.24) is 4.90 Å². The van der Waals surface area contributed by atoms with Crippen molar-refractivity contribution in [2.24, 2.45) is 0 Å². The first kappa shape index (κ1) is 19.1. The summed E-state index contributed by atoms with van der Waals surface area (Å²) in [5.41, 5.74) is 0.621. The highest BCUT2D eigenvalue weighted by Gasteiger charge is 2.35. The van der Waals surface area contributed by atoms with Gasteiger partial charge in [0.15, 0.2) is 11.5 Å². The van der Waals surface area contributed by atoms with E-state index in [1.165, 1.54) is 28.3 Å². The molecule has 0 N–H and O–H groups in total. The molecule has 134 valence electrons. The third-order valence-corrected chi connectivity index (χ3v) is 4.87. The van der Waals surface area contributed by atoms with Gasteiger partial charge in [0, 0.05) is 0 Å². The van der Waals surface area contributed by atoms with Crippen molar-refractivity contribution in [3.8, 4) is 17.2 Å². The Morgan fingerprint density at radius 1 is 1.24 bits per heavy atom. The van der Waals surface area contributed by atoms with E-state index in [4.69, 9.17) is 26.4 Å². The van der Waals surface area contributed by atoms with Crippen LogP contribution in [0.2, 0.25) is 0 Å². The highest BCUT2D eigenvalue weighted by molar-refractivity contribution is 8.26. The van der Waals surface area contributed by atoms with Gasteiger partial charge < -0.3 is 24.1 Å². The van der Waals surface area contributed by atoms with Crippen molar-refractivity contribution in [2.45, 2.75) is 13.0 Å². The fourth-order valence-corrected chi connectivity index (χ4v) is 3.67. The molecule has 1 aromatic rings. The standard InChI is InChI=1S/C16H17NO6S2/c1-8(15(19)20)17-14(18)12(25-16(17)24)7-9-5-10(21-2)13(23-4)11(6-9)22-3/h5-8H,1-4H3,(H,19,20)/p-1/t8-/m0/s1. The molecule has 9 heteroatoms. The van der Waals surface area contributed by atoms with Crippen LogP contribution >= 0.6 is 24.0 Å². The van der Waals surface area contributed by atoms with E-state index < -0.39 is 17.9 Å². The van der Waals surface area contributed by atoms with Gasteiger partial charge in [-0.3, -0.25) is 9.69 Å². The van der Waals surface area contributed by atoms with Gasteiger partial charge in [0.25, 0.3) is 5.91 Å². The lowest BCUT2D eigenvalue weighted by Crippen LogP contribution is -2.48. The quantitative estimate of drug-likeness (QED) is 0.533. The summed E-state index contributed by atoms with van der Waals surface area (Å²) in [4.78, 5) is 24.8. The molecular formula is C16H16NO6S2-. The molecule has 2 rings (SSSR count). The Morgan fingerprint density at radius 2 is 1.80 bits per heavy atom. The molecule has 0 aromatic heterocycles. The molecule has 0 aliphatic carbocycles. The van der Waals surface area contributed by atoms with E-state index in [1.54, 1.807) is 18.2 Å². The van der Waals surface area contributed by atoms with Crippen molar-refractivity contribution in [3.63, 3.8) is 0 Å². The molecule has 1 aromatic carbocycles. The Labute approximate surface area is 154 Å². The summed E-state index contributed by atoms with van der Waals surface area (Å²) < 4.78 is 16.0. The van der Waals surface area contributed by atoms with Crippen LogP contribution in [0.25, 0.3) is 6.08 Å². The molecular weight excluding hydrogens is 366 g/mol. The van der Waals surface area contributed by atoms with Crippen LogP contribution in [0.4, 0.5) is 0 Å². The third-order valence-electron chi connectivity index (χ3n) is 3.54. The Morgan fingerprint density at radius 3 is 2.24 bits per heavy atom. The monoisotopic (exact) mass is 382 g/mol. The lowest BCUT2D eigenvalue weighted by Gasteiger charge is -2.23.